The van der Waals surface area contributed by atoms with Gasteiger partial charge >= 0.3 is 0 Å². The van der Waals surface area contributed by atoms with Gasteiger partial charge in [-0.15, -0.1) is 0 Å². The summed E-state index contributed by atoms with van der Waals surface area (Å²) in [5.74, 6) is 10.6. The van der Waals surface area contributed by atoms with Crippen molar-refractivity contribution >= 4 is 55.7 Å². The van der Waals surface area contributed by atoms with Crippen LogP contribution in [-0.2, 0) is 44.3 Å². The predicted molar refractivity (Wildman–Crippen MR) is 569 cm³/mol. The maximum atomic E-state index is 2.80. The summed E-state index contributed by atoms with van der Waals surface area (Å²) in [6.45, 7) is 29.2. The second-order valence-corrected chi connectivity index (χ2v) is 50.7. The first kappa shape index (κ1) is 86.8. The van der Waals surface area contributed by atoms with Crippen LogP contribution in [0.15, 0.2) is 267 Å². The molecule has 2 heteroatoms. The lowest BCUT2D eigenvalue weighted by molar-refractivity contribution is -0.00530. The Kier molecular flexibility index (Phi) is 21.5. The minimum Gasteiger partial charge on any atom is -0.309 e. The van der Waals surface area contributed by atoms with E-state index < -0.39 is 0 Å². The van der Waals surface area contributed by atoms with Gasteiger partial charge in [-0.1, -0.05) is 303 Å². The monoisotopic (exact) mass is 1760 g/mol. The zero-order valence-electron chi connectivity index (χ0n) is 82.8. The van der Waals surface area contributed by atoms with Crippen molar-refractivity contribution in [2.75, 3.05) is 9.80 Å². The minimum atomic E-state index is -0.197. The molecule has 13 bridgehead atoms. The largest absolute Gasteiger partial charge is 0.309 e. The van der Waals surface area contributed by atoms with Gasteiger partial charge in [-0.3, -0.25) is 0 Å². The fourth-order valence-corrected chi connectivity index (χ4v) is 31.2. The van der Waals surface area contributed by atoms with Crippen molar-refractivity contribution < 1.29 is 0 Å². The van der Waals surface area contributed by atoms with Gasteiger partial charge in [0.1, 0.15) is 0 Å². The van der Waals surface area contributed by atoms with Gasteiger partial charge in [0, 0.05) is 44.3 Å². The van der Waals surface area contributed by atoms with Gasteiger partial charge in [0.2, 0.25) is 0 Å². The zero-order chi connectivity index (χ0) is 91.1. The normalized spacial score (nSPS) is 27.3. The molecule has 26 rings (SSSR count). The van der Waals surface area contributed by atoms with Crippen LogP contribution < -0.4 is 9.80 Å². The molecule has 2 nitrogen and oxygen atoms in total. The van der Waals surface area contributed by atoms with Crippen LogP contribution in [0.3, 0.4) is 0 Å². The van der Waals surface area contributed by atoms with Gasteiger partial charge in [0.15, 0.2) is 0 Å². The first-order valence-electron chi connectivity index (χ1n) is 53.4. The Morgan fingerprint density at radius 3 is 0.963 bits per heavy atom. The number of anilines is 6. The number of hydrogen-bond donors (Lipinski definition) is 0. The number of rotatable bonds is 18. The molecule has 13 aromatic carbocycles. The molecule has 0 saturated heterocycles. The fraction of sp³-hybridized carbons (Fsp3) is 0.439. The van der Waals surface area contributed by atoms with E-state index in [2.05, 4.69) is 360 Å². The maximum Gasteiger partial charge on any atom is 0.0620 e. The first-order chi connectivity index (χ1) is 64.6. The van der Waals surface area contributed by atoms with Gasteiger partial charge in [-0.2, -0.15) is 0 Å². The third-order valence-corrected chi connectivity index (χ3v) is 37.4. The highest BCUT2D eigenvalue weighted by molar-refractivity contribution is 6.25. The molecule has 13 fully saturated rings. The molecular formula is C132H146N2. The van der Waals surface area contributed by atoms with Crippen LogP contribution in [-0.4, -0.2) is 0 Å². The van der Waals surface area contributed by atoms with Crippen LogP contribution in [0.2, 0.25) is 0 Å². The summed E-state index contributed by atoms with van der Waals surface area (Å²) in [5, 5.41) is 4.77. The topological polar surface area (TPSA) is 6.48 Å². The first-order valence-corrected chi connectivity index (χ1v) is 53.4. The summed E-state index contributed by atoms with van der Waals surface area (Å²) >= 11 is 0. The van der Waals surface area contributed by atoms with E-state index >= 15 is 0 Å². The van der Waals surface area contributed by atoms with Gasteiger partial charge in [-0.05, 0) is 441 Å². The van der Waals surface area contributed by atoms with Crippen molar-refractivity contribution in [1.29, 1.82) is 0 Å². The van der Waals surface area contributed by atoms with Crippen molar-refractivity contribution in [3.05, 3.63) is 311 Å². The summed E-state index contributed by atoms with van der Waals surface area (Å²) in [4.78, 5) is 5.60. The number of fused-ring (bicyclic) bond motifs is 6. The van der Waals surface area contributed by atoms with Gasteiger partial charge in [-0.25, -0.2) is 0 Å². The Morgan fingerprint density at radius 1 is 0.246 bits per heavy atom. The van der Waals surface area contributed by atoms with Crippen molar-refractivity contribution in [2.45, 2.75) is 294 Å². The van der Waals surface area contributed by atoms with Gasteiger partial charge in [0.05, 0.1) is 11.4 Å². The highest BCUT2D eigenvalue weighted by Crippen LogP contribution is 2.65. The van der Waals surface area contributed by atoms with Crippen LogP contribution in [0, 0.1) is 71.0 Å². The molecule has 13 saturated carbocycles. The van der Waals surface area contributed by atoms with E-state index in [4.69, 9.17) is 0 Å². The second-order valence-electron chi connectivity index (χ2n) is 50.7. The Bertz CT molecular complexity index is 6380. The molecule has 0 spiro atoms. The molecule has 684 valence electrons. The van der Waals surface area contributed by atoms with Crippen LogP contribution in [0.1, 0.15) is 295 Å². The van der Waals surface area contributed by atoms with Crippen molar-refractivity contribution in [2.24, 2.45) is 71.0 Å². The number of benzene rings is 13. The second kappa shape index (κ2) is 33.1. The summed E-state index contributed by atoms with van der Waals surface area (Å²) in [5.41, 5.74) is 33.4. The molecule has 134 heavy (non-hydrogen) atoms. The Hall–Kier alpha value is -10.0. The Labute approximate surface area is 803 Å². The summed E-state index contributed by atoms with van der Waals surface area (Å²) < 4.78 is 0. The lowest BCUT2D eigenvalue weighted by atomic mass is 9.48. The highest BCUT2D eigenvalue weighted by atomic mass is 15.2. The summed E-state index contributed by atoms with van der Waals surface area (Å²) in [6.07, 6.45) is 37.7. The van der Waals surface area contributed by atoms with Crippen LogP contribution in [0.5, 0.6) is 0 Å². The third kappa shape index (κ3) is 16.2. The number of nitrogens with zero attached hydrogens (tertiary/aromatic N) is 2. The summed E-state index contributed by atoms with van der Waals surface area (Å²) in [7, 11) is 0. The molecule has 0 amide bonds. The van der Waals surface area contributed by atoms with Crippen molar-refractivity contribution in [3.8, 4) is 66.8 Å². The molecular weight excluding hydrogens is 1610 g/mol. The van der Waals surface area contributed by atoms with Gasteiger partial charge < -0.3 is 9.80 Å². The highest BCUT2D eigenvalue weighted by Gasteiger charge is 2.54. The average Bonchev–Trinajstić information content (AvgIpc) is 0.708. The third-order valence-electron chi connectivity index (χ3n) is 37.4. The summed E-state index contributed by atoms with van der Waals surface area (Å²) in [6, 6.07) is 110. The van der Waals surface area contributed by atoms with Crippen LogP contribution in [0.4, 0.5) is 34.1 Å². The minimum absolute atomic E-state index is 0.197. The lowest BCUT2D eigenvalue weighted by Gasteiger charge is -2.57. The van der Waals surface area contributed by atoms with E-state index in [1.54, 1.807) is 16.7 Å². The average molecular weight is 1760 g/mol. The molecule has 6 unspecified atom stereocenters. The predicted octanol–water partition coefficient (Wildman–Crippen LogP) is 37.1. The number of hydrogen-bond acceptors (Lipinski definition) is 2. The lowest BCUT2D eigenvalue weighted by Crippen LogP contribution is -2.48. The van der Waals surface area contributed by atoms with Crippen molar-refractivity contribution in [1.82, 2.24) is 0 Å². The molecule has 0 radical (unpaired) electrons. The number of aryl methyl sites for hydroxylation is 1. The zero-order valence-corrected chi connectivity index (χ0v) is 82.8. The standard InChI is InChI=1S/C132H146N2/c1-126(2,3)112-70-113(127(4,5)6)73-118(72-112)133(116-64-104(97-31-28-84(29-32-97)26-27-87-53-85-20-19-21-86(52-85)54-87)62-105(65-116)99-36-44-110(45-37-99)131-77-89-55-90(78-131)57-91(56-89)79-131)124-120-48-40-103(96-24-17-14-18-25-96)69-123(120)125(121-49-41-102(68-122(121)124)95-22-15-13-16-23-95)134(119-74-114(128(7,8)9)71-115(75-119)129(10,11)12)117-66-106(98-34-42-109(43-35-98)130-51-50-101-33-30-88(76-130)61-108(101)83-130)63-107(67-117)100-38-46-111(47-39-100)132-80-92-58-93(81-132)60-94(59-92)82-132/h13-18,22-25,28-29,31-32,34-49,62-75,85-94,101,108H,19-21,26-27,30,33,50-61,76-83H2,1-12H3. The molecule has 0 heterocycles. The Balaban J connectivity index is 0.774. The van der Waals surface area contributed by atoms with E-state index in [1.807, 2.05) is 0 Å². The Morgan fingerprint density at radius 2 is 0.582 bits per heavy atom. The SMILES string of the molecule is CC(C)(C)c1cc(N(c2cc(-c3ccc(CCC4CC5CCCC(C5)C4)cc3)cc(-c3ccc(C45CC6CC(CC(C6)C4)C5)cc3)c2)c2c3ccc(-c4ccccc4)cc3c(N(c3cc(-c4ccc(C56CC7CC(CC(C7)C5)C6)cc4)cc(-c4ccc(C56CCC7CCC(CC7C5)C6)cc4)c3)c3cc(C(C)(C)C)cc(C(C)(C)C)c3)c3ccc(-c4ccccc4)cc23)cc(C(C)(C)C)c1. The van der Waals surface area contributed by atoms with Crippen LogP contribution in [0.25, 0.3) is 88.3 Å². The molecule has 13 aliphatic carbocycles. The van der Waals surface area contributed by atoms with E-state index in [1.165, 1.54) is 300 Å². The van der Waals surface area contributed by atoms with Crippen molar-refractivity contribution in [3.63, 3.8) is 0 Å². The molecule has 0 aliphatic heterocycles. The van der Waals surface area contributed by atoms with Gasteiger partial charge in [0.25, 0.3) is 0 Å². The van der Waals surface area contributed by atoms with E-state index in [0.29, 0.717) is 0 Å². The van der Waals surface area contributed by atoms with E-state index in [0.717, 1.165) is 94.5 Å². The molecule has 0 N–H and O–H groups in total. The van der Waals surface area contributed by atoms with E-state index in [9.17, 15) is 0 Å². The molecule has 13 aromatic rings. The molecule has 13 aliphatic rings. The maximum absolute atomic E-state index is 2.80. The smallest absolute Gasteiger partial charge is 0.0620 e. The van der Waals surface area contributed by atoms with E-state index in [-0.39, 0.29) is 37.9 Å². The molecule has 0 aromatic heterocycles. The fourth-order valence-electron chi connectivity index (χ4n) is 31.2. The quantitative estimate of drug-likeness (QED) is 0.0624. The van der Waals surface area contributed by atoms with Crippen LogP contribution >= 0.6 is 0 Å². The molecule has 6 atom stereocenters.